The van der Waals surface area contributed by atoms with Crippen molar-refractivity contribution in [1.82, 2.24) is 9.97 Å². The first-order valence-electron chi connectivity index (χ1n) is 10.8. The van der Waals surface area contributed by atoms with Crippen molar-refractivity contribution in [2.75, 3.05) is 22.4 Å². The number of hydrogen-bond donors (Lipinski definition) is 0. The minimum atomic E-state index is -1.62. The lowest BCUT2D eigenvalue weighted by molar-refractivity contribution is 0.100. The molecule has 10 heteroatoms. The largest absolute Gasteiger partial charge is 0.451 e. The lowest BCUT2D eigenvalue weighted by Crippen LogP contribution is -2.22. The predicted molar refractivity (Wildman–Crippen MR) is 126 cm³/mol. The molecule has 1 amide bonds. The molecule has 1 saturated heterocycles. The molecule has 0 N–H and O–H groups in total. The van der Waals surface area contributed by atoms with Gasteiger partial charge in [-0.1, -0.05) is 18.2 Å². The smallest absolute Gasteiger partial charge is 0.273 e. The van der Waals surface area contributed by atoms with Crippen LogP contribution in [0.4, 0.5) is 24.7 Å². The van der Waals surface area contributed by atoms with E-state index in [2.05, 4.69) is 14.9 Å². The van der Waals surface area contributed by atoms with Crippen molar-refractivity contribution in [2.45, 2.75) is 12.8 Å². The van der Waals surface area contributed by atoms with E-state index < -0.39 is 34.8 Å². The number of aromatic nitrogens is 2. The van der Waals surface area contributed by atoms with Gasteiger partial charge in [-0.05, 0) is 37.1 Å². The highest BCUT2D eigenvalue weighted by Gasteiger charge is 2.27. The molecule has 0 bridgehead atoms. The van der Waals surface area contributed by atoms with Crippen LogP contribution < -0.4 is 14.1 Å². The summed E-state index contributed by atoms with van der Waals surface area (Å²) in [5, 5.41) is 0. The highest BCUT2D eigenvalue weighted by atomic mass is 35.5. The van der Waals surface area contributed by atoms with Crippen molar-refractivity contribution in [1.29, 1.82) is 0 Å². The Hall–Kier alpha value is -3.85. The quantitative estimate of drug-likeness (QED) is 0.241. The van der Waals surface area contributed by atoms with Crippen LogP contribution in [0.5, 0.6) is 11.5 Å². The monoisotopic (exact) mass is 498 g/mol. The average Bonchev–Trinajstić information content (AvgIpc) is 3.43. The zero-order chi connectivity index (χ0) is 24.5. The molecule has 2 heterocycles. The SMILES string of the molecule is O=C(c1ccccc1)N(Cl)c1cc(F)c(Oc2ccc3ncc(N4CCCC4)nc3c2)c(F)c1F. The average molecular weight is 499 g/mol. The van der Waals surface area contributed by atoms with Gasteiger partial charge in [-0.15, -0.1) is 0 Å². The van der Waals surface area contributed by atoms with E-state index in [1.54, 1.807) is 30.5 Å². The summed E-state index contributed by atoms with van der Waals surface area (Å²) in [6.45, 7) is 1.76. The van der Waals surface area contributed by atoms with Crippen molar-refractivity contribution in [3.05, 3.63) is 83.8 Å². The Kier molecular flexibility index (Phi) is 6.17. The summed E-state index contributed by atoms with van der Waals surface area (Å²) in [6.07, 6.45) is 3.82. The molecule has 0 radical (unpaired) electrons. The van der Waals surface area contributed by atoms with Crippen LogP contribution in [0.3, 0.4) is 0 Å². The molecule has 178 valence electrons. The third kappa shape index (κ3) is 4.46. The molecule has 1 fully saturated rings. The number of nitrogens with zero attached hydrogens (tertiary/aromatic N) is 4. The Balaban J connectivity index is 1.44. The molecule has 0 unspecified atom stereocenters. The molecule has 3 aromatic carbocycles. The van der Waals surface area contributed by atoms with E-state index in [4.69, 9.17) is 16.5 Å². The number of benzene rings is 3. The number of carbonyl (C=O) groups excluding carboxylic acids is 1. The zero-order valence-corrected chi connectivity index (χ0v) is 19.0. The summed E-state index contributed by atoms with van der Waals surface area (Å²) in [5.41, 5.74) is 0.376. The fraction of sp³-hybridized carbons (Fsp3) is 0.160. The van der Waals surface area contributed by atoms with Gasteiger partial charge in [-0.25, -0.2) is 18.2 Å². The summed E-state index contributed by atoms with van der Waals surface area (Å²) in [4.78, 5) is 23.5. The number of amides is 1. The lowest BCUT2D eigenvalue weighted by atomic mass is 10.2. The molecule has 1 aliphatic rings. The Bertz CT molecular complexity index is 1420. The second-order valence-electron chi connectivity index (χ2n) is 7.96. The van der Waals surface area contributed by atoms with Crippen LogP contribution in [-0.2, 0) is 0 Å². The lowest BCUT2D eigenvalue weighted by Gasteiger charge is -2.17. The van der Waals surface area contributed by atoms with Crippen molar-refractivity contribution in [3.63, 3.8) is 0 Å². The van der Waals surface area contributed by atoms with E-state index in [0.29, 0.717) is 27.3 Å². The number of hydrogen-bond acceptors (Lipinski definition) is 5. The van der Waals surface area contributed by atoms with Gasteiger partial charge in [-0.2, -0.15) is 4.39 Å². The van der Waals surface area contributed by atoms with Crippen LogP contribution in [0.1, 0.15) is 23.2 Å². The summed E-state index contributed by atoms with van der Waals surface area (Å²) < 4.78 is 50.2. The maximum Gasteiger partial charge on any atom is 0.273 e. The minimum Gasteiger partial charge on any atom is -0.451 e. The molecule has 1 aromatic heterocycles. The molecule has 5 rings (SSSR count). The van der Waals surface area contributed by atoms with Crippen molar-refractivity contribution in [3.8, 4) is 11.5 Å². The van der Waals surface area contributed by atoms with Gasteiger partial charge in [-0.3, -0.25) is 9.78 Å². The molecule has 0 aliphatic carbocycles. The van der Waals surface area contributed by atoms with Gasteiger partial charge in [0.2, 0.25) is 11.6 Å². The molecule has 0 saturated carbocycles. The van der Waals surface area contributed by atoms with Crippen molar-refractivity contribution >= 4 is 40.2 Å². The standard InChI is InChI=1S/C25H18ClF3N4O2/c26-33(25(34)15-6-2-1-3-7-15)20-13-17(27)24(23(29)22(20)28)35-16-8-9-18-19(12-16)31-21(14-30-18)32-10-4-5-11-32/h1-3,6-9,12-14H,4-5,10-11H2. The molecule has 0 atom stereocenters. The van der Waals surface area contributed by atoms with Crippen LogP contribution >= 0.6 is 11.8 Å². The van der Waals surface area contributed by atoms with E-state index in [1.165, 1.54) is 24.3 Å². The van der Waals surface area contributed by atoms with E-state index in [-0.39, 0.29) is 11.3 Å². The second kappa shape index (κ2) is 9.42. The van der Waals surface area contributed by atoms with Gasteiger partial charge in [0.1, 0.15) is 17.3 Å². The first-order chi connectivity index (χ1) is 16.9. The van der Waals surface area contributed by atoms with Gasteiger partial charge in [0.15, 0.2) is 11.6 Å². The summed E-state index contributed by atoms with van der Waals surface area (Å²) in [5.74, 6) is -5.46. The van der Waals surface area contributed by atoms with Gasteiger partial charge >= 0.3 is 0 Å². The fourth-order valence-corrected chi connectivity index (χ4v) is 4.09. The van der Waals surface area contributed by atoms with Crippen LogP contribution in [0.25, 0.3) is 11.0 Å². The normalized spacial score (nSPS) is 13.3. The molecular weight excluding hydrogens is 481 g/mol. The van der Waals surface area contributed by atoms with Gasteiger partial charge in [0.25, 0.3) is 5.91 Å². The number of ether oxygens (including phenoxy) is 1. The predicted octanol–water partition coefficient (Wildman–Crippen LogP) is 6.24. The Morgan fingerprint density at radius 3 is 2.46 bits per heavy atom. The Morgan fingerprint density at radius 1 is 0.971 bits per heavy atom. The molecule has 4 aromatic rings. The topological polar surface area (TPSA) is 58.6 Å². The number of halogens is 4. The van der Waals surface area contributed by atoms with Crippen LogP contribution in [0.15, 0.2) is 60.8 Å². The van der Waals surface area contributed by atoms with Crippen LogP contribution in [0, 0.1) is 17.5 Å². The van der Waals surface area contributed by atoms with Crippen LogP contribution in [0.2, 0.25) is 0 Å². The molecule has 35 heavy (non-hydrogen) atoms. The number of anilines is 2. The zero-order valence-electron chi connectivity index (χ0n) is 18.2. The fourth-order valence-electron chi connectivity index (χ4n) is 3.87. The van der Waals surface area contributed by atoms with Gasteiger partial charge in [0.05, 0.1) is 17.2 Å². The highest BCUT2D eigenvalue weighted by molar-refractivity contribution is 6.39. The molecule has 1 aliphatic heterocycles. The third-order valence-electron chi connectivity index (χ3n) is 5.66. The maximum absolute atomic E-state index is 14.8. The molecule has 0 spiro atoms. The van der Waals surface area contributed by atoms with Gasteiger partial charge in [0, 0.05) is 42.6 Å². The van der Waals surface area contributed by atoms with E-state index in [9.17, 15) is 18.0 Å². The summed E-state index contributed by atoms with van der Waals surface area (Å²) in [7, 11) is 0. The van der Waals surface area contributed by atoms with Crippen molar-refractivity contribution < 1.29 is 22.7 Å². The number of fused-ring (bicyclic) bond motifs is 1. The Labute approximate surface area is 203 Å². The molecular formula is C25H18ClF3N4O2. The number of rotatable bonds is 5. The molecule has 6 nitrogen and oxygen atoms in total. The second-order valence-corrected chi connectivity index (χ2v) is 8.30. The highest BCUT2D eigenvalue weighted by Crippen LogP contribution is 2.36. The third-order valence-corrected chi connectivity index (χ3v) is 5.99. The minimum absolute atomic E-state index is 0.0402. The number of carbonyl (C=O) groups is 1. The Morgan fingerprint density at radius 2 is 1.71 bits per heavy atom. The van der Waals surface area contributed by atoms with E-state index >= 15 is 0 Å². The first-order valence-corrected chi connectivity index (χ1v) is 11.2. The van der Waals surface area contributed by atoms with Crippen LogP contribution in [-0.4, -0.2) is 29.0 Å². The van der Waals surface area contributed by atoms with E-state index in [0.717, 1.165) is 25.9 Å². The van der Waals surface area contributed by atoms with Crippen molar-refractivity contribution in [2.24, 2.45) is 0 Å². The van der Waals surface area contributed by atoms with Gasteiger partial charge < -0.3 is 9.64 Å². The maximum atomic E-state index is 14.8. The summed E-state index contributed by atoms with van der Waals surface area (Å²) >= 11 is 5.94. The summed E-state index contributed by atoms with van der Waals surface area (Å²) in [6, 6.07) is 12.8. The first kappa shape index (κ1) is 22.9. The van der Waals surface area contributed by atoms with E-state index in [1.807, 2.05) is 0 Å².